The molecule has 2 N–H and O–H groups in total. The maximum atomic E-state index is 12.4. The fourth-order valence-corrected chi connectivity index (χ4v) is 3.59. The van der Waals surface area contributed by atoms with Crippen molar-refractivity contribution in [2.45, 2.75) is 26.8 Å². The minimum Gasteiger partial charge on any atom is -0.351 e. The van der Waals surface area contributed by atoms with Crippen molar-refractivity contribution in [3.63, 3.8) is 0 Å². The zero-order chi connectivity index (χ0) is 19.7. The minimum atomic E-state index is -0.143. The Bertz CT molecular complexity index is 1130. The number of aromatic nitrogens is 5. The molecule has 3 aromatic heterocycles. The van der Waals surface area contributed by atoms with Crippen LogP contribution < -0.4 is 5.32 Å². The van der Waals surface area contributed by atoms with Gasteiger partial charge in [-0.3, -0.25) is 14.6 Å². The van der Waals surface area contributed by atoms with Crippen LogP contribution in [0.5, 0.6) is 0 Å². The molecule has 0 spiro atoms. The van der Waals surface area contributed by atoms with Gasteiger partial charge in [0.05, 0.1) is 11.4 Å². The van der Waals surface area contributed by atoms with E-state index in [1.807, 2.05) is 37.7 Å². The van der Waals surface area contributed by atoms with Crippen molar-refractivity contribution >= 4 is 16.8 Å². The van der Waals surface area contributed by atoms with Gasteiger partial charge in [-0.05, 0) is 43.9 Å². The zero-order valence-corrected chi connectivity index (χ0v) is 16.4. The van der Waals surface area contributed by atoms with E-state index in [0.717, 1.165) is 35.6 Å². The average Bonchev–Trinajstić information content (AvgIpc) is 3.38. The van der Waals surface area contributed by atoms with Gasteiger partial charge in [0.2, 0.25) is 0 Å². The molecule has 0 atom stereocenters. The Morgan fingerprint density at radius 2 is 2.04 bits per heavy atom. The molecule has 3 heterocycles. The predicted octanol–water partition coefficient (Wildman–Crippen LogP) is 3.20. The van der Waals surface area contributed by atoms with Crippen LogP contribution in [0.2, 0.25) is 0 Å². The molecule has 1 aromatic carbocycles. The van der Waals surface area contributed by atoms with Crippen LogP contribution in [0.1, 0.15) is 28.3 Å². The van der Waals surface area contributed by atoms with E-state index in [1.54, 1.807) is 6.07 Å². The van der Waals surface area contributed by atoms with Gasteiger partial charge in [0.1, 0.15) is 5.69 Å². The van der Waals surface area contributed by atoms with E-state index in [9.17, 15) is 4.79 Å². The number of aromatic amines is 1. The number of hydrogen-bond acceptors (Lipinski definition) is 3. The fourth-order valence-electron chi connectivity index (χ4n) is 3.59. The third kappa shape index (κ3) is 3.31. The fraction of sp³-hybridized carbons (Fsp3) is 0.286. The third-order valence-electron chi connectivity index (χ3n) is 5.13. The highest BCUT2D eigenvalue weighted by Crippen LogP contribution is 2.25. The number of benzene rings is 1. The lowest BCUT2D eigenvalue weighted by atomic mass is 10.1. The largest absolute Gasteiger partial charge is 0.351 e. The van der Waals surface area contributed by atoms with Crippen LogP contribution in [0, 0.1) is 13.8 Å². The second kappa shape index (κ2) is 7.34. The van der Waals surface area contributed by atoms with Gasteiger partial charge in [0, 0.05) is 43.1 Å². The van der Waals surface area contributed by atoms with Gasteiger partial charge < -0.3 is 9.88 Å². The van der Waals surface area contributed by atoms with Crippen LogP contribution in [-0.2, 0) is 13.6 Å². The first-order valence-corrected chi connectivity index (χ1v) is 9.42. The standard InChI is InChI=1S/C21H24N6O/c1-14-20(15(2)26(3)25-14)17-13-18(24-23-17)21(28)22-10-6-11-27-12-9-16-7-4-5-8-19(16)27/h4-5,7-9,12-13H,6,10-11H2,1-3H3,(H,22,28)(H,23,24). The van der Waals surface area contributed by atoms with E-state index >= 15 is 0 Å². The van der Waals surface area contributed by atoms with Crippen molar-refractivity contribution in [2.75, 3.05) is 6.54 Å². The van der Waals surface area contributed by atoms with Crippen LogP contribution in [-0.4, -0.2) is 37.0 Å². The van der Waals surface area contributed by atoms with E-state index in [2.05, 4.69) is 49.6 Å². The summed E-state index contributed by atoms with van der Waals surface area (Å²) in [6.07, 6.45) is 2.94. The van der Waals surface area contributed by atoms with Crippen LogP contribution in [0.15, 0.2) is 42.6 Å². The third-order valence-corrected chi connectivity index (χ3v) is 5.13. The van der Waals surface area contributed by atoms with Gasteiger partial charge in [-0.15, -0.1) is 0 Å². The summed E-state index contributed by atoms with van der Waals surface area (Å²) in [5.41, 5.74) is 5.31. The molecule has 0 bridgehead atoms. The molecular weight excluding hydrogens is 352 g/mol. The summed E-state index contributed by atoms with van der Waals surface area (Å²) < 4.78 is 4.04. The van der Waals surface area contributed by atoms with Gasteiger partial charge in [-0.1, -0.05) is 18.2 Å². The van der Waals surface area contributed by atoms with E-state index in [4.69, 9.17) is 0 Å². The van der Waals surface area contributed by atoms with Gasteiger partial charge in [-0.2, -0.15) is 10.2 Å². The van der Waals surface area contributed by atoms with Crippen LogP contribution >= 0.6 is 0 Å². The molecule has 4 rings (SSSR count). The molecule has 1 amide bonds. The molecule has 0 aliphatic heterocycles. The van der Waals surface area contributed by atoms with Gasteiger partial charge in [0.15, 0.2) is 0 Å². The Morgan fingerprint density at radius 3 is 2.82 bits per heavy atom. The molecular formula is C21H24N6O. The number of carbonyl (C=O) groups excluding carboxylic acids is 1. The SMILES string of the molecule is Cc1nn(C)c(C)c1-c1cc(C(=O)NCCCn2ccc3ccccc32)[nH]n1. The highest BCUT2D eigenvalue weighted by molar-refractivity contribution is 5.93. The van der Waals surface area contributed by atoms with Gasteiger partial charge >= 0.3 is 0 Å². The summed E-state index contributed by atoms with van der Waals surface area (Å²) in [5, 5.41) is 15.8. The number of amides is 1. The topological polar surface area (TPSA) is 80.5 Å². The van der Waals surface area contributed by atoms with Crippen molar-refractivity contribution in [2.24, 2.45) is 7.05 Å². The lowest BCUT2D eigenvalue weighted by Gasteiger charge is -2.06. The second-order valence-corrected chi connectivity index (χ2v) is 7.01. The Balaban J connectivity index is 1.35. The summed E-state index contributed by atoms with van der Waals surface area (Å²) in [6.45, 7) is 5.40. The number of nitrogens with one attached hydrogen (secondary N) is 2. The first-order valence-electron chi connectivity index (χ1n) is 9.42. The first kappa shape index (κ1) is 18.0. The summed E-state index contributed by atoms with van der Waals surface area (Å²) in [7, 11) is 1.90. The summed E-state index contributed by atoms with van der Waals surface area (Å²) in [4.78, 5) is 12.4. The molecule has 28 heavy (non-hydrogen) atoms. The molecule has 144 valence electrons. The lowest BCUT2D eigenvalue weighted by Crippen LogP contribution is -2.25. The molecule has 0 aliphatic rings. The van der Waals surface area contributed by atoms with E-state index < -0.39 is 0 Å². The van der Waals surface area contributed by atoms with E-state index in [-0.39, 0.29) is 5.91 Å². The first-order chi connectivity index (χ1) is 13.5. The molecule has 0 saturated carbocycles. The monoisotopic (exact) mass is 376 g/mol. The Labute approximate surface area is 163 Å². The van der Waals surface area contributed by atoms with Gasteiger partial charge in [0.25, 0.3) is 5.91 Å². The molecule has 4 aromatic rings. The number of fused-ring (bicyclic) bond motifs is 1. The molecule has 0 fully saturated rings. The molecule has 7 nitrogen and oxygen atoms in total. The van der Waals surface area contributed by atoms with E-state index in [0.29, 0.717) is 12.2 Å². The zero-order valence-electron chi connectivity index (χ0n) is 16.4. The highest BCUT2D eigenvalue weighted by atomic mass is 16.1. The lowest BCUT2D eigenvalue weighted by molar-refractivity contribution is 0.0948. The maximum absolute atomic E-state index is 12.4. The number of para-hydroxylation sites is 1. The second-order valence-electron chi connectivity index (χ2n) is 7.01. The molecule has 0 unspecified atom stereocenters. The number of nitrogens with zero attached hydrogens (tertiary/aromatic N) is 4. The smallest absolute Gasteiger partial charge is 0.269 e. The van der Waals surface area contributed by atoms with Crippen molar-refractivity contribution < 1.29 is 4.79 Å². The Morgan fingerprint density at radius 1 is 1.21 bits per heavy atom. The maximum Gasteiger partial charge on any atom is 0.269 e. The molecule has 0 radical (unpaired) electrons. The predicted molar refractivity (Wildman–Crippen MR) is 109 cm³/mol. The quantitative estimate of drug-likeness (QED) is 0.507. The summed E-state index contributed by atoms with van der Waals surface area (Å²) in [6, 6.07) is 12.2. The number of aryl methyl sites for hydroxylation is 3. The molecule has 7 heteroatoms. The van der Waals surface area contributed by atoms with Crippen molar-refractivity contribution in [3.05, 3.63) is 59.7 Å². The summed E-state index contributed by atoms with van der Waals surface area (Å²) in [5.74, 6) is -0.143. The van der Waals surface area contributed by atoms with Crippen molar-refractivity contribution in [3.8, 4) is 11.3 Å². The van der Waals surface area contributed by atoms with Gasteiger partial charge in [-0.25, -0.2) is 0 Å². The molecule has 0 saturated heterocycles. The van der Waals surface area contributed by atoms with Crippen LogP contribution in [0.4, 0.5) is 0 Å². The van der Waals surface area contributed by atoms with Crippen LogP contribution in [0.3, 0.4) is 0 Å². The van der Waals surface area contributed by atoms with Crippen molar-refractivity contribution in [1.82, 2.24) is 29.9 Å². The highest BCUT2D eigenvalue weighted by Gasteiger charge is 2.17. The Hall–Kier alpha value is -3.35. The number of H-pyrrole nitrogens is 1. The van der Waals surface area contributed by atoms with Crippen molar-refractivity contribution in [1.29, 1.82) is 0 Å². The summed E-state index contributed by atoms with van der Waals surface area (Å²) >= 11 is 0. The van der Waals surface area contributed by atoms with E-state index in [1.165, 1.54) is 10.9 Å². The Kier molecular flexibility index (Phi) is 4.73. The van der Waals surface area contributed by atoms with Crippen LogP contribution in [0.25, 0.3) is 22.2 Å². The number of carbonyl (C=O) groups is 1. The average molecular weight is 376 g/mol. The normalized spacial score (nSPS) is 11.2. The number of hydrogen-bond donors (Lipinski definition) is 2. The minimum absolute atomic E-state index is 0.143. The molecule has 0 aliphatic carbocycles. The number of rotatable bonds is 6.